The number of rotatable bonds is 2. The molecule has 7 heteroatoms. The van der Waals surface area contributed by atoms with Gasteiger partial charge in [0.05, 0.1) is 0 Å². The number of thiophene rings is 1. The number of nitriles is 2. The van der Waals surface area contributed by atoms with Crippen LogP contribution in [0.1, 0.15) is 5.76 Å². The van der Waals surface area contributed by atoms with Crippen molar-refractivity contribution in [2.45, 2.75) is 0 Å². The van der Waals surface area contributed by atoms with Crippen LogP contribution in [0.4, 0.5) is 0 Å². The summed E-state index contributed by atoms with van der Waals surface area (Å²) in [6, 6.07) is 7.10. The smallest absolute Gasteiger partial charge is 0.186 e. The Hall–Kier alpha value is -1.97. The molecule has 0 N–H and O–H groups in total. The number of hydrogen-bond donors (Lipinski definition) is 0. The molecular formula is C14H7IN2O3S. The van der Waals surface area contributed by atoms with Crippen molar-refractivity contribution in [3.63, 3.8) is 0 Å². The molecule has 104 valence electrons. The van der Waals surface area contributed by atoms with Gasteiger partial charge in [-0.1, -0.05) is 0 Å². The molecule has 0 aromatic carbocycles. The molecule has 0 aliphatic carbocycles. The van der Waals surface area contributed by atoms with Crippen LogP contribution in [-0.4, -0.2) is 13.2 Å². The molecule has 3 rings (SSSR count). The van der Waals surface area contributed by atoms with E-state index in [1.54, 1.807) is 24.3 Å². The maximum atomic E-state index is 8.75. The second kappa shape index (κ2) is 5.80. The van der Waals surface area contributed by atoms with Crippen LogP contribution in [0.25, 0.3) is 16.7 Å². The van der Waals surface area contributed by atoms with Gasteiger partial charge in [-0.2, -0.15) is 10.5 Å². The first kappa shape index (κ1) is 14.0. The first-order chi connectivity index (χ1) is 10.2. The lowest BCUT2D eigenvalue weighted by Crippen LogP contribution is -2.14. The molecule has 0 radical (unpaired) electrons. The molecule has 1 aliphatic rings. The van der Waals surface area contributed by atoms with Crippen molar-refractivity contribution in [2.75, 3.05) is 13.2 Å². The maximum Gasteiger partial charge on any atom is 0.186 e. The van der Waals surface area contributed by atoms with Crippen LogP contribution in [0.5, 0.6) is 11.5 Å². The molecule has 0 amide bonds. The monoisotopic (exact) mass is 410 g/mol. The van der Waals surface area contributed by atoms with Gasteiger partial charge in [0, 0.05) is 6.08 Å². The summed E-state index contributed by atoms with van der Waals surface area (Å²) in [6.45, 7) is 1.05. The van der Waals surface area contributed by atoms with Crippen LogP contribution in [0.3, 0.4) is 0 Å². The fourth-order valence-corrected chi connectivity index (χ4v) is 3.80. The molecule has 0 spiro atoms. The van der Waals surface area contributed by atoms with E-state index in [9.17, 15) is 0 Å². The lowest BCUT2D eigenvalue weighted by Gasteiger charge is -2.15. The Morgan fingerprint density at radius 2 is 1.90 bits per heavy atom. The largest absolute Gasteiger partial charge is 0.484 e. The molecule has 3 heterocycles. The van der Waals surface area contributed by atoms with Gasteiger partial charge in [0.1, 0.15) is 50.2 Å². The molecule has 2 aromatic heterocycles. The minimum atomic E-state index is -0.00160. The summed E-state index contributed by atoms with van der Waals surface area (Å²) in [5.41, 5.74) is -0.00160. The van der Waals surface area contributed by atoms with E-state index in [-0.39, 0.29) is 5.57 Å². The summed E-state index contributed by atoms with van der Waals surface area (Å²) in [4.78, 5) is 0.851. The topological polar surface area (TPSA) is 79.2 Å². The average Bonchev–Trinajstić information content (AvgIpc) is 3.10. The Kier molecular flexibility index (Phi) is 3.86. The maximum absolute atomic E-state index is 8.75. The van der Waals surface area contributed by atoms with Gasteiger partial charge in [-0.25, -0.2) is 0 Å². The Morgan fingerprint density at radius 3 is 2.62 bits per heavy atom. The zero-order chi connectivity index (χ0) is 14.8. The number of allylic oxidation sites excluding steroid dienone is 1. The van der Waals surface area contributed by atoms with Gasteiger partial charge in [-0.3, -0.25) is 0 Å². The molecular weight excluding hydrogens is 403 g/mol. The predicted molar refractivity (Wildman–Crippen MR) is 84.9 cm³/mol. The van der Waals surface area contributed by atoms with Crippen LogP contribution in [0, 0.1) is 25.5 Å². The van der Waals surface area contributed by atoms with Crippen molar-refractivity contribution in [3.05, 3.63) is 26.3 Å². The number of ether oxygens (including phenoxy) is 2. The molecule has 21 heavy (non-hydrogen) atoms. The normalized spacial score (nSPS) is 12.3. The number of hydrogen-bond acceptors (Lipinski definition) is 6. The SMILES string of the molecule is N#CC(C#N)=Cc1ccc(-c2sc(I)c3c2OCCO3)o1. The van der Waals surface area contributed by atoms with E-state index in [0.717, 1.165) is 13.5 Å². The third-order valence-electron chi connectivity index (χ3n) is 2.74. The standard InChI is InChI=1S/C14H7IN2O3S/c15-14-12-11(18-3-4-19-12)13(21-14)10-2-1-9(20-10)5-8(6-16)7-17/h1-2,5H,3-4H2. The summed E-state index contributed by atoms with van der Waals surface area (Å²) in [7, 11) is 0. The van der Waals surface area contributed by atoms with Crippen molar-refractivity contribution in [1.82, 2.24) is 0 Å². The number of nitrogens with zero attached hydrogens (tertiary/aromatic N) is 2. The molecule has 0 atom stereocenters. The van der Waals surface area contributed by atoms with Crippen LogP contribution in [0.2, 0.25) is 0 Å². The van der Waals surface area contributed by atoms with Crippen LogP contribution in [0.15, 0.2) is 22.1 Å². The molecule has 1 aliphatic heterocycles. The van der Waals surface area contributed by atoms with Crippen LogP contribution >= 0.6 is 33.9 Å². The van der Waals surface area contributed by atoms with Gasteiger partial charge in [0.2, 0.25) is 0 Å². The summed E-state index contributed by atoms with van der Waals surface area (Å²) in [5.74, 6) is 2.54. The number of halogens is 1. The predicted octanol–water partition coefficient (Wildman–Crippen LogP) is 3.81. The van der Waals surface area contributed by atoms with E-state index in [2.05, 4.69) is 22.6 Å². The highest BCUT2D eigenvalue weighted by Crippen LogP contribution is 2.49. The second-order valence-corrected chi connectivity index (χ2v) is 6.88. The molecule has 0 saturated heterocycles. The minimum absolute atomic E-state index is 0.00160. The third kappa shape index (κ3) is 2.62. The van der Waals surface area contributed by atoms with Crippen molar-refractivity contribution in [3.8, 4) is 34.3 Å². The Balaban J connectivity index is 2.00. The van der Waals surface area contributed by atoms with Gasteiger partial charge < -0.3 is 13.9 Å². The van der Waals surface area contributed by atoms with E-state index in [1.807, 2.05) is 0 Å². The van der Waals surface area contributed by atoms with Gasteiger partial charge in [-0.15, -0.1) is 11.3 Å². The Bertz CT molecular complexity index is 791. The third-order valence-corrected chi connectivity index (χ3v) is 4.84. The zero-order valence-electron chi connectivity index (χ0n) is 10.6. The molecule has 0 bridgehead atoms. The second-order valence-electron chi connectivity index (χ2n) is 4.04. The van der Waals surface area contributed by atoms with Gasteiger partial charge in [0.25, 0.3) is 0 Å². The first-order valence-electron chi connectivity index (χ1n) is 5.93. The van der Waals surface area contributed by atoms with Crippen LogP contribution in [-0.2, 0) is 0 Å². The van der Waals surface area contributed by atoms with E-state index in [1.165, 1.54) is 17.4 Å². The molecule has 0 unspecified atom stereocenters. The first-order valence-corrected chi connectivity index (χ1v) is 7.82. The Labute approximate surface area is 138 Å². The highest BCUT2D eigenvalue weighted by molar-refractivity contribution is 14.1. The minimum Gasteiger partial charge on any atom is -0.484 e. The summed E-state index contributed by atoms with van der Waals surface area (Å²) in [6.07, 6.45) is 1.41. The number of furan rings is 1. The van der Waals surface area contributed by atoms with Gasteiger partial charge >= 0.3 is 0 Å². The van der Waals surface area contributed by atoms with Gasteiger partial charge in [-0.05, 0) is 34.7 Å². The van der Waals surface area contributed by atoms with Crippen molar-refractivity contribution in [1.29, 1.82) is 10.5 Å². The van der Waals surface area contributed by atoms with Crippen molar-refractivity contribution in [2.24, 2.45) is 0 Å². The fourth-order valence-electron chi connectivity index (χ4n) is 1.86. The van der Waals surface area contributed by atoms with Gasteiger partial charge in [0.15, 0.2) is 11.5 Å². The van der Waals surface area contributed by atoms with Crippen molar-refractivity contribution >= 4 is 40.0 Å². The molecule has 0 saturated carbocycles. The average molecular weight is 410 g/mol. The summed E-state index contributed by atoms with van der Waals surface area (Å²) < 4.78 is 17.9. The number of fused-ring (bicyclic) bond motifs is 1. The summed E-state index contributed by atoms with van der Waals surface area (Å²) >= 11 is 3.72. The highest BCUT2D eigenvalue weighted by atomic mass is 127. The lowest BCUT2D eigenvalue weighted by molar-refractivity contribution is 0.173. The molecule has 0 fully saturated rings. The van der Waals surface area contributed by atoms with E-state index in [4.69, 9.17) is 24.4 Å². The summed E-state index contributed by atoms with van der Waals surface area (Å²) in [5, 5.41) is 17.5. The quantitative estimate of drug-likeness (QED) is 0.556. The van der Waals surface area contributed by atoms with Crippen molar-refractivity contribution < 1.29 is 13.9 Å². The van der Waals surface area contributed by atoms with E-state index >= 15 is 0 Å². The molecule has 2 aromatic rings. The lowest BCUT2D eigenvalue weighted by atomic mass is 10.2. The van der Waals surface area contributed by atoms with E-state index in [0.29, 0.717) is 30.5 Å². The Morgan fingerprint density at radius 1 is 1.19 bits per heavy atom. The fraction of sp³-hybridized carbons (Fsp3) is 0.143. The van der Waals surface area contributed by atoms with E-state index < -0.39 is 0 Å². The van der Waals surface area contributed by atoms with Crippen LogP contribution < -0.4 is 9.47 Å². The highest BCUT2D eigenvalue weighted by Gasteiger charge is 2.25. The zero-order valence-corrected chi connectivity index (χ0v) is 13.5. The molecule has 5 nitrogen and oxygen atoms in total.